The van der Waals surface area contributed by atoms with Crippen LogP contribution in [0, 0.1) is 10.1 Å². The van der Waals surface area contributed by atoms with Crippen molar-refractivity contribution < 1.29 is 14.1 Å². The number of nitrogens with zero attached hydrogens (tertiary/aromatic N) is 2. The van der Waals surface area contributed by atoms with Gasteiger partial charge in [0.05, 0.1) is 34.3 Å². The molecule has 0 atom stereocenters. The summed E-state index contributed by atoms with van der Waals surface area (Å²) in [5.74, 6) is 0.517. The van der Waals surface area contributed by atoms with Crippen molar-refractivity contribution in [2.75, 3.05) is 0 Å². The molecule has 0 aliphatic carbocycles. The highest BCUT2D eigenvalue weighted by atomic mass is 35.5. The Labute approximate surface area is 175 Å². The molecule has 0 aliphatic heterocycles. The van der Waals surface area contributed by atoms with Crippen LogP contribution in [-0.4, -0.2) is 20.8 Å². The molecule has 0 saturated carbocycles. The van der Waals surface area contributed by atoms with Crippen LogP contribution in [0.4, 0.5) is 5.69 Å². The number of nitro benzene ring substituents is 1. The lowest BCUT2D eigenvalue weighted by molar-refractivity contribution is -0.384. The summed E-state index contributed by atoms with van der Waals surface area (Å²) in [6, 6.07) is 15.2. The summed E-state index contributed by atoms with van der Waals surface area (Å²) in [6.45, 7) is 0.185. The number of aromatic amines is 1. The van der Waals surface area contributed by atoms with E-state index < -0.39 is 10.8 Å². The molecule has 30 heavy (non-hydrogen) atoms. The number of H-pyrrole nitrogens is 1. The van der Waals surface area contributed by atoms with Crippen LogP contribution in [0.2, 0.25) is 5.02 Å². The lowest BCUT2D eigenvalue weighted by Crippen LogP contribution is -2.24. The second kappa shape index (κ2) is 8.22. The van der Waals surface area contributed by atoms with E-state index in [1.807, 2.05) is 24.3 Å². The van der Waals surface area contributed by atoms with Crippen LogP contribution >= 0.6 is 11.6 Å². The number of carbonyl (C=O) groups excluding carboxylic acids is 1. The van der Waals surface area contributed by atoms with Crippen LogP contribution in [-0.2, 0) is 11.3 Å². The van der Waals surface area contributed by atoms with Crippen LogP contribution in [0.3, 0.4) is 0 Å². The number of benzene rings is 2. The summed E-state index contributed by atoms with van der Waals surface area (Å²) in [4.78, 5) is 31.2. The molecule has 0 saturated heterocycles. The van der Waals surface area contributed by atoms with Crippen molar-refractivity contribution in [3.8, 4) is 0 Å². The SMILES string of the molecule is O=C(NCc1ccco1)C(=Cc1ccc(Cl)c([N+](=O)[O-])c1)c1nc2ccccc2[nH]1. The summed E-state index contributed by atoms with van der Waals surface area (Å²) < 4.78 is 5.24. The number of nitrogens with one attached hydrogen (secondary N) is 2. The molecule has 0 bridgehead atoms. The van der Waals surface area contributed by atoms with Gasteiger partial charge in [-0.25, -0.2) is 4.98 Å². The molecule has 0 radical (unpaired) electrons. The average Bonchev–Trinajstić information content (AvgIpc) is 3.40. The van der Waals surface area contributed by atoms with Gasteiger partial charge in [-0.2, -0.15) is 0 Å². The van der Waals surface area contributed by atoms with Gasteiger partial charge in [0.2, 0.25) is 0 Å². The van der Waals surface area contributed by atoms with Crippen molar-refractivity contribution in [2.24, 2.45) is 0 Å². The highest BCUT2D eigenvalue weighted by molar-refractivity contribution is 6.32. The van der Waals surface area contributed by atoms with E-state index in [9.17, 15) is 14.9 Å². The number of hydrogen-bond acceptors (Lipinski definition) is 5. The molecule has 2 heterocycles. The van der Waals surface area contributed by atoms with Crippen molar-refractivity contribution in [3.05, 3.63) is 93.1 Å². The number of carbonyl (C=O) groups is 1. The van der Waals surface area contributed by atoms with E-state index in [0.29, 0.717) is 22.7 Å². The van der Waals surface area contributed by atoms with Gasteiger partial charge in [-0.1, -0.05) is 29.8 Å². The van der Waals surface area contributed by atoms with E-state index in [2.05, 4.69) is 15.3 Å². The van der Waals surface area contributed by atoms with E-state index >= 15 is 0 Å². The third-order valence-corrected chi connectivity index (χ3v) is 4.69. The topological polar surface area (TPSA) is 114 Å². The normalized spacial score (nSPS) is 11.6. The Hall–Kier alpha value is -3.91. The highest BCUT2D eigenvalue weighted by Gasteiger charge is 2.18. The number of amides is 1. The largest absolute Gasteiger partial charge is 0.467 e. The summed E-state index contributed by atoms with van der Waals surface area (Å²) in [5, 5.41) is 14.0. The highest BCUT2D eigenvalue weighted by Crippen LogP contribution is 2.27. The Morgan fingerprint density at radius 2 is 2.07 bits per heavy atom. The maximum atomic E-state index is 13.0. The van der Waals surface area contributed by atoms with Crippen LogP contribution in [0.1, 0.15) is 17.1 Å². The Kier molecular flexibility index (Phi) is 5.32. The Balaban J connectivity index is 1.74. The number of nitro groups is 1. The zero-order chi connectivity index (χ0) is 21.1. The molecule has 0 aliphatic rings. The minimum atomic E-state index is -0.572. The first-order valence-electron chi connectivity index (χ1n) is 8.92. The smallest absolute Gasteiger partial charge is 0.288 e. The molecule has 1 amide bonds. The quantitative estimate of drug-likeness (QED) is 0.268. The number of furan rings is 1. The summed E-state index contributed by atoms with van der Waals surface area (Å²) in [5.41, 5.74) is 1.87. The third kappa shape index (κ3) is 4.08. The molecular formula is C21H15ClN4O4. The number of aromatic nitrogens is 2. The molecule has 0 unspecified atom stereocenters. The number of imidazole rings is 1. The predicted octanol–water partition coefficient (Wildman–Crippen LogP) is 4.57. The van der Waals surface area contributed by atoms with Crippen molar-refractivity contribution in [2.45, 2.75) is 6.54 Å². The number of halogens is 1. The number of rotatable bonds is 6. The molecular weight excluding hydrogens is 408 g/mol. The Morgan fingerprint density at radius 3 is 2.80 bits per heavy atom. The zero-order valence-electron chi connectivity index (χ0n) is 15.5. The van der Waals surface area contributed by atoms with Crippen molar-refractivity contribution >= 4 is 45.9 Å². The molecule has 4 aromatic rings. The van der Waals surface area contributed by atoms with Crippen LogP contribution in [0.15, 0.2) is 65.3 Å². The molecule has 150 valence electrons. The van der Waals surface area contributed by atoms with Crippen molar-refractivity contribution in [1.29, 1.82) is 0 Å². The van der Waals surface area contributed by atoms with Gasteiger partial charge in [-0.15, -0.1) is 0 Å². The molecule has 0 fully saturated rings. The minimum Gasteiger partial charge on any atom is -0.467 e. The summed E-state index contributed by atoms with van der Waals surface area (Å²) >= 11 is 5.90. The van der Waals surface area contributed by atoms with Gasteiger partial charge in [0.15, 0.2) is 0 Å². The van der Waals surface area contributed by atoms with Crippen LogP contribution in [0.25, 0.3) is 22.7 Å². The van der Waals surface area contributed by atoms with Gasteiger partial charge < -0.3 is 14.7 Å². The first-order chi connectivity index (χ1) is 14.5. The van der Waals surface area contributed by atoms with E-state index in [1.165, 1.54) is 24.5 Å². The second-order valence-electron chi connectivity index (χ2n) is 6.39. The van der Waals surface area contributed by atoms with Crippen LogP contribution in [0.5, 0.6) is 0 Å². The molecule has 4 rings (SSSR count). The van der Waals surface area contributed by atoms with E-state index in [-0.39, 0.29) is 22.8 Å². The van der Waals surface area contributed by atoms with Gasteiger partial charge in [0.25, 0.3) is 11.6 Å². The molecule has 8 nitrogen and oxygen atoms in total. The minimum absolute atomic E-state index is 0.0182. The molecule has 9 heteroatoms. The average molecular weight is 423 g/mol. The zero-order valence-corrected chi connectivity index (χ0v) is 16.2. The summed E-state index contributed by atoms with van der Waals surface area (Å²) in [7, 11) is 0. The van der Waals surface area contributed by atoms with E-state index in [1.54, 1.807) is 18.2 Å². The predicted molar refractivity (Wildman–Crippen MR) is 113 cm³/mol. The second-order valence-corrected chi connectivity index (χ2v) is 6.80. The molecule has 0 spiro atoms. The monoisotopic (exact) mass is 422 g/mol. The van der Waals surface area contributed by atoms with Crippen molar-refractivity contribution in [1.82, 2.24) is 15.3 Å². The van der Waals surface area contributed by atoms with Crippen LogP contribution < -0.4 is 5.32 Å². The number of fused-ring (bicyclic) bond motifs is 1. The summed E-state index contributed by atoms with van der Waals surface area (Å²) in [6.07, 6.45) is 3.04. The lowest BCUT2D eigenvalue weighted by Gasteiger charge is -2.07. The molecule has 2 aromatic heterocycles. The standard InChI is InChI=1S/C21H15ClN4O4/c22-16-8-7-13(11-19(16)26(28)29)10-15(21(27)23-12-14-4-3-9-30-14)20-24-17-5-1-2-6-18(17)25-20/h1-11H,12H2,(H,23,27)(H,24,25). The van der Waals surface area contributed by atoms with Gasteiger partial charge >= 0.3 is 0 Å². The third-order valence-electron chi connectivity index (χ3n) is 4.37. The van der Waals surface area contributed by atoms with E-state index in [0.717, 1.165) is 5.52 Å². The fourth-order valence-electron chi connectivity index (χ4n) is 2.92. The van der Waals surface area contributed by atoms with Gasteiger partial charge in [-0.05, 0) is 42.0 Å². The van der Waals surface area contributed by atoms with Gasteiger partial charge in [0.1, 0.15) is 16.6 Å². The van der Waals surface area contributed by atoms with E-state index in [4.69, 9.17) is 16.0 Å². The maximum absolute atomic E-state index is 13.0. The van der Waals surface area contributed by atoms with Gasteiger partial charge in [-0.3, -0.25) is 14.9 Å². The maximum Gasteiger partial charge on any atom is 0.288 e. The first-order valence-corrected chi connectivity index (χ1v) is 9.30. The lowest BCUT2D eigenvalue weighted by atomic mass is 10.1. The Bertz CT molecular complexity index is 1230. The fraction of sp³-hybridized carbons (Fsp3) is 0.0476. The first kappa shape index (κ1) is 19.4. The van der Waals surface area contributed by atoms with Crippen molar-refractivity contribution in [3.63, 3.8) is 0 Å². The van der Waals surface area contributed by atoms with Gasteiger partial charge in [0, 0.05) is 6.07 Å². The number of para-hydroxylation sites is 2. The molecule has 2 N–H and O–H groups in total. The molecule has 2 aromatic carbocycles. The fourth-order valence-corrected chi connectivity index (χ4v) is 3.11. The number of hydrogen-bond donors (Lipinski definition) is 2. The Morgan fingerprint density at radius 1 is 1.23 bits per heavy atom.